The average molecular weight is 431 g/mol. The number of nitrogens with one attached hydrogen (secondary N) is 1. The molecular weight excluding hydrogens is 400 g/mol. The van der Waals surface area contributed by atoms with Crippen molar-refractivity contribution in [3.8, 4) is 5.75 Å². The number of carbonyl (C=O) groups is 1. The second-order valence-corrected chi connectivity index (χ2v) is 10.0. The van der Waals surface area contributed by atoms with Gasteiger partial charge in [-0.2, -0.15) is 0 Å². The maximum Gasteiger partial charge on any atom is 0.241 e. The Hall–Kier alpha value is -2.54. The fraction of sp³-hybridized carbons (Fsp3) is 0.435. The molecule has 2 aromatic rings. The molecule has 1 N–H and O–H groups in total. The van der Waals surface area contributed by atoms with Gasteiger partial charge in [0.2, 0.25) is 15.9 Å². The summed E-state index contributed by atoms with van der Waals surface area (Å²) in [5.41, 5.74) is 4.18. The Morgan fingerprint density at radius 2 is 1.73 bits per heavy atom. The van der Waals surface area contributed by atoms with Crippen LogP contribution in [0.15, 0.2) is 42.5 Å². The van der Waals surface area contributed by atoms with E-state index in [1.165, 1.54) is 17.5 Å². The lowest BCUT2D eigenvalue weighted by atomic mass is 10.0. The van der Waals surface area contributed by atoms with E-state index >= 15 is 0 Å². The fourth-order valence-corrected chi connectivity index (χ4v) is 4.58. The zero-order chi connectivity index (χ0) is 21.9. The van der Waals surface area contributed by atoms with Crippen molar-refractivity contribution in [3.05, 3.63) is 59.2 Å². The molecule has 3 rings (SSSR count). The van der Waals surface area contributed by atoms with Gasteiger partial charge in [0.1, 0.15) is 12.3 Å². The van der Waals surface area contributed by atoms with Crippen molar-refractivity contribution < 1.29 is 17.9 Å². The number of nitrogens with zero attached hydrogens (tertiary/aromatic N) is 1. The Labute approximate surface area is 179 Å². The van der Waals surface area contributed by atoms with Crippen LogP contribution in [0.5, 0.6) is 5.75 Å². The van der Waals surface area contributed by atoms with Gasteiger partial charge in [-0.1, -0.05) is 18.2 Å². The molecule has 0 bridgehead atoms. The molecule has 0 unspecified atom stereocenters. The molecule has 0 fully saturated rings. The van der Waals surface area contributed by atoms with Crippen LogP contribution < -0.4 is 14.4 Å². The first-order valence-electron chi connectivity index (χ1n) is 10.3. The first-order valence-corrected chi connectivity index (χ1v) is 12.1. The van der Waals surface area contributed by atoms with Crippen LogP contribution in [0.1, 0.15) is 49.9 Å². The Morgan fingerprint density at radius 1 is 1.07 bits per heavy atom. The molecule has 6 nitrogen and oxygen atoms in total. The van der Waals surface area contributed by atoms with Crippen LogP contribution in [-0.4, -0.2) is 33.2 Å². The molecule has 0 saturated carbocycles. The third-order valence-corrected chi connectivity index (χ3v) is 6.32. The van der Waals surface area contributed by atoms with Gasteiger partial charge in [-0.15, -0.1) is 0 Å². The number of carbonyl (C=O) groups excluding carboxylic acids is 1. The number of hydrogen-bond acceptors (Lipinski definition) is 4. The summed E-state index contributed by atoms with van der Waals surface area (Å²) in [6.07, 6.45) is 4.48. The zero-order valence-electron chi connectivity index (χ0n) is 18.0. The van der Waals surface area contributed by atoms with Crippen LogP contribution in [0.2, 0.25) is 0 Å². The predicted octanol–water partition coefficient (Wildman–Crippen LogP) is 3.61. The molecule has 1 amide bonds. The minimum absolute atomic E-state index is 0.0216. The molecule has 0 aliphatic heterocycles. The first kappa shape index (κ1) is 22.2. The molecule has 2 aromatic carbocycles. The zero-order valence-corrected chi connectivity index (χ0v) is 18.8. The maximum atomic E-state index is 12.7. The number of sulfonamides is 1. The molecule has 162 valence electrons. The van der Waals surface area contributed by atoms with E-state index in [1.807, 2.05) is 26.8 Å². The van der Waals surface area contributed by atoms with E-state index in [4.69, 9.17) is 4.74 Å². The third kappa shape index (κ3) is 5.53. The first-order chi connectivity index (χ1) is 14.1. The molecule has 1 aliphatic carbocycles. The molecule has 1 aliphatic rings. The monoisotopic (exact) mass is 430 g/mol. The molecular formula is C23H30N2O4S. The summed E-state index contributed by atoms with van der Waals surface area (Å²) < 4.78 is 31.4. The summed E-state index contributed by atoms with van der Waals surface area (Å²) in [6, 6.07) is 12.8. The SMILES string of the molecule is CC(C)Oc1ccc(N(CC(=O)N[C@@H](C)c2ccc3c(c2)CCC3)S(C)(=O)=O)cc1. The minimum atomic E-state index is -3.63. The predicted molar refractivity (Wildman–Crippen MR) is 119 cm³/mol. The second kappa shape index (κ2) is 9.08. The average Bonchev–Trinajstić information content (AvgIpc) is 3.13. The number of amides is 1. The molecule has 0 heterocycles. The van der Waals surface area contributed by atoms with Gasteiger partial charge in [-0.05, 0) is 81.0 Å². The summed E-state index contributed by atoms with van der Waals surface area (Å²) in [5.74, 6) is 0.299. The van der Waals surface area contributed by atoms with E-state index in [9.17, 15) is 13.2 Å². The number of hydrogen-bond donors (Lipinski definition) is 1. The maximum absolute atomic E-state index is 12.7. The summed E-state index contributed by atoms with van der Waals surface area (Å²) in [7, 11) is -3.63. The molecule has 0 aromatic heterocycles. The largest absolute Gasteiger partial charge is 0.491 e. The van der Waals surface area contributed by atoms with Gasteiger partial charge < -0.3 is 10.1 Å². The van der Waals surface area contributed by atoms with E-state index in [2.05, 4.69) is 17.4 Å². The van der Waals surface area contributed by atoms with E-state index in [-0.39, 0.29) is 24.6 Å². The van der Waals surface area contributed by atoms with Crippen molar-refractivity contribution in [2.45, 2.75) is 52.2 Å². The Bertz CT molecular complexity index is 1000. The van der Waals surface area contributed by atoms with Crippen LogP contribution in [0.4, 0.5) is 5.69 Å². The van der Waals surface area contributed by atoms with Crippen molar-refractivity contribution >= 4 is 21.6 Å². The summed E-state index contributed by atoms with van der Waals surface area (Å²) in [6.45, 7) is 5.47. The lowest BCUT2D eigenvalue weighted by Gasteiger charge is -2.24. The lowest BCUT2D eigenvalue weighted by molar-refractivity contribution is -0.120. The van der Waals surface area contributed by atoms with Crippen LogP contribution in [0, 0.1) is 0 Å². The van der Waals surface area contributed by atoms with Gasteiger partial charge in [-0.3, -0.25) is 9.10 Å². The number of fused-ring (bicyclic) bond motifs is 1. The molecule has 1 atom stereocenters. The highest BCUT2D eigenvalue weighted by molar-refractivity contribution is 7.92. The molecule has 0 saturated heterocycles. The van der Waals surface area contributed by atoms with E-state index in [0.717, 1.165) is 29.0 Å². The topological polar surface area (TPSA) is 75.7 Å². The number of rotatable bonds is 8. The van der Waals surface area contributed by atoms with Crippen LogP contribution in [0.3, 0.4) is 0 Å². The Balaban J connectivity index is 1.69. The van der Waals surface area contributed by atoms with E-state index in [0.29, 0.717) is 11.4 Å². The molecule has 30 heavy (non-hydrogen) atoms. The minimum Gasteiger partial charge on any atom is -0.491 e. The van der Waals surface area contributed by atoms with Gasteiger partial charge in [0.25, 0.3) is 0 Å². The highest BCUT2D eigenvalue weighted by Gasteiger charge is 2.22. The van der Waals surface area contributed by atoms with Crippen LogP contribution >= 0.6 is 0 Å². The summed E-state index contributed by atoms with van der Waals surface area (Å²) in [4.78, 5) is 12.7. The van der Waals surface area contributed by atoms with E-state index in [1.54, 1.807) is 24.3 Å². The lowest BCUT2D eigenvalue weighted by Crippen LogP contribution is -2.41. The summed E-state index contributed by atoms with van der Waals surface area (Å²) in [5, 5.41) is 2.93. The Morgan fingerprint density at radius 3 is 2.37 bits per heavy atom. The van der Waals surface area contributed by atoms with Crippen LogP contribution in [-0.2, 0) is 27.7 Å². The van der Waals surface area contributed by atoms with Gasteiger partial charge in [-0.25, -0.2) is 8.42 Å². The van der Waals surface area contributed by atoms with Crippen LogP contribution in [0.25, 0.3) is 0 Å². The summed E-state index contributed by atoms with van der Waals surface area (Å²) >= 11 is 0. The highest BCUT2D eigenvalue weighted by atomic mass is 32.2. The van der Waals surface area contributed by atoms with Gasteiger partial charge in [0.15, 0.2) is 0 Å². The van der Waals surface area contributed by atoms with Gasteiger partial charge in [0.05, 0.1) is 24.1 Å². The number of anilines is 1. The molecule has 0 spiro atoms. The number of aryl methyl sites for hydroxylation is 2. The second-order valence-electron chi connectivity index (χ2n) is 8.10. The van der Waals surface area contributed by atoms with Crippen molar-refractivity contribution in [2.24, 2.45) is 0 Å². The van der Waals surface area contributed by atoms with Gasteiger partial charge >= 0.3 is 0 Å². The molecule has 7 heteroatoms. The van der Waals surface area contributed by atoms with Gasteiger partial charge in [0, 0.05) is 0 Å². The number of benzene rings is 2. The van der Waals surface area contributed by atoms with Crippen molar-refractivity contribution in [1.29, 1.82) is 0 Å². The smallest absolute Gasteiger partial charge is 0.241 e. The Kier molecular flexibility index (Phi) is 6.71. The third-order valence-electron chi connectivity index (χ3n) is 5.18. The van der Waals surface area contributed by atoms with Crippen molar-refractivity contribution in [2.75, 3.05) is 17.1 Å². The highest BCUT2D eigenvalue weighted by Crippen LogP contribution is 2.26. The number of ether oxygens (including phenoxy) is 1. The molecule has 0 radical (unpaired) electrons. The standard InChI is InChI=1S/C23H30N2O4S/c1-16(2)29-22-12-10-21(11-13-22)25(30(4,27)28)15-23(26)24-17(3)19-9-8-18-6-5-7-20(18)14-19/h8-14,16-17H,5-7,15H2,1-4H3,(H,24,26)/t17-/m0/s1. The fourth-order valence-electron chi connectivity index (χ4n) is 3.73. The normalized spacial score (nSPS) is 14.3. The van der Waals surface area contributed by atoms with Crippen molar-refractivity contribution in [1.82, 2.24) is 5.32 Å². The van der Waals surface area contributed by atoms with E-state index < -0.39 is 10.0 Å². The quantitative estimate of drug-likeness (QED) is 0.694. The van der Waals surface area contributed by atoms with Crippen molar-refractivity contribution in [3.63, 3.8) is 0 Å².